The molecule has 30 heavy (non-hydrogen) atoms. The second kappa shape index (κ2) is 9.57. The summed E-state index contributed by atoms with van der Waals surface area (Å²) in [5.74, 6) is -4.07. The lowest BCUT2D eigenvalue weighted by Gasteiger charge is -2.10. The molecule has 0 bridgehead atoms. The highest BCUT2D eigenvalue weighted by molar-refractivity contribution is 5.71. The van der Waals surface area contributed by atoms with Gasteiger partial charge in [-0.2, -0.15) is 8.78 Å². The Hall–Kier alpha value is -3.15. The lowest BCUT2D eigenvalue weighted by molar-refractivity contribution is 0.344. The monoisotopic (exact) mass is 418 g/mol. The van der Waals surface area contributed by atoms with Crippen LogP contribution in [-0.4, -0.2) is 0 Å². The molecule has 3 aromatic carbocycles. The maximum Gasteiger partial charge on any atom is 0.305 e. The van der Waals surface area contributed by atoms with Crippen LogP contribution < -0.4 is 4.74 Å². The van der Waals surface area contributed by atoms with E-state index in [1.807, 2.05) is 24.3 Å². The van der Waals surface area contributed by atoms with Crippen LogP contribution in [0.2, 0.25) is 0 Å². The van der Waals surface area contributed by atoms with Gasteiger partial charge in [0.2, 0.25) is 0 Å². The van der Waals surface area contributed by atoms with E-state index in [-0.39, 0.29) is 17.4 Å². The van der Waals surface area contributed by atoms with Gasteiger partial charge in [-0.25, -0.2) is 13.2 Å². The van der Waals surface area contributed by atoms with Crippen LogP contribution in [0.4, 0.5) is 22.0 Å². The number of unbranched alkanes of at least 4 members (excludes halogenated alkanes) is 1. The SMILES string of the molecule is CCCCc1ccc(-c2ccc(-c3cc(F)c(OC=C(F)F)c(F)c3)c(F)c2)cc1. The van der Waals surface area contributed by atoms with Gasteiger partial charge < -0.3 is 4.74 Å². The van der Waals surface area contributed by atoms with Gasteiger partial charge in [-0.1, -0.05) is 49.7 Å². The number of ether oxygens (including phenoxy) is 1. The van der Waals surface area contributed by atoms with Crippen molar-refractivity contribution in [3.8, 4) is 28.0 Å². The fourth-order valence-electron chi connectivity index (χ4n) is 3.10. The van der Waals surface area contributed by atoms with Crippen LogP contribution in [0.3, 0.4) is 0 Å². The maximum absolute atomic E-state index is 14.7. The summed E-state index contributed by atoms with van der Waals surface area (Å²) in [4.78, 5) is 0. The van der Waals surface area contributed by atoms with Crippen LogP contribution in [0, 0.1) is 17.5 Å². The highest BCUT2D eigenvalue weighted by atomic mass is 19.3. The summed E-state index contributed by atoms with van der Waals surface area (Å²) in [6.07, 6.45) is 0.877. The molecule has 0 aliphatic rings. The lowest BCUT2D eigenvalue weighted by atomic mass is 9.98. The van der Waals surface area contributed by atoms with Gasteiger partial charge >= 0.3 is 6.08 Å². The Labute approximate surface area is 171 Å². The highest BCUT2D eigenvalue weighted by Gasteiger charge is 2.16. The number of aryl methyl sites for hydroxylation is 1. The van der Waals surface area contributed by atoms with Gasteiger partial charge in [0.25, 0.3) is 0 Å². The van der Waals surface area contributed by atoms with E-state index in [4.69, 9.17) is 0 Å². The number of benzene rings is 3. The lowest BCUT2D eigenvalue weighted by Crippen LogP contribution is -1.95. The third-order valence-electron chi connectivity index (χ3n) is 4.65. The highest BCUT2D eigenvalue weighted by Crippen LogP contribution is 2.33. The summed E-state index contributed by atoms with van der Waals surface area (Å²) in [7, 11) is 0. The summed E-state index contributed by atoms with van der Waals surface area (Å²) in [5.41, 5.74) is 2.56. The van der Waals surface area contributed by atoms with E-state index < -0.39 is 29.3 Å². The first-order valence-corrected chi connectivity index (χ1v) is 9.45. The number of halogens is 5. The average molecular weight is 418 g/mol. The van der Waals surface area contributed by atoms with Crippen LogP contribution in [0.5, 0.6) is 5.75 Å². The average Bonchev–Trinajstić information content (AvgIpc) is 2.71. The van der Waals surface area contributed by atoms with E-state index in [1.54, 1.807) is 6.07 Å². The van der Waals surface area contributed by atoms with Crippen LogP contribution in [0.25, 0.3) is 22.3 Å². The molecule has 3 aromatic rings. The van der Waals surface area contributed by atoms with Crippen LogP contribution in [0.1, 0.15) is 25.3 Å². The van der Waals surface area contributed by atoms with Crippen molar-refractivity contribution in [1.29, 1.82) is 0 Å². The van der Waals surface area contributed by atoms with Crippen LogP contribution in [0.15, 0.2) is 66.9 Å². The molecular weight excluding hydrogens is 399 g/mol. The molecule has 0 aliphatic heterocycles. The van der Waals surface area contributed by atoms with Crippen molar-refractivity contribution in [3.63, 3.8) is 0 Å². The van der Waals surface area contributed by atoms with E-state index >= 15 is 0 Å². The fraction of sp³-hybridized carbons (Fsp3) is 0.167. The Morgan fingerprint density at radius 2 is 1.40 bits per heavy atom. The number of hydrogen-bond donors (Lipinski definition) is 0. The summed E-state index contributed by atoms with van der Waals surface area (Å²) < 4.78 is 71.3. The van der Waals surface area contributed by atoms with E-state index in [1.165, 1.54) is 17.7 Å². The molecule has 0 aromatic heterocycles. The molecule has 0 unspecified atom stereocenters. The van der Waals surface area contributed by atoms with Gasteiger partial charge in [0.15, 0.2) is 23.6 Å². The molecule has 0 saturated heterocycles. The van der Waals surface area contributed by atoms with Crippen LogP contribution in [-0.2, 0) is 6.42 Å². The molecule has 0 saturated carbocycles. The molecule has 0 fully saturated rings. The first-order chi connectivity index (χ1) is 14.4. The first-order valence-electron chi connectivity index (χ1n) is 9.45. The van der Waals surface area contributed by atoms with Crippen molar-refractivity contribution in [3.05, 3.63) is 90.0 Å². The zero-order valence-corrected chi connectivity index (χ0v) is 16.2. The number of hydrogen-bond acceptors (Lipinski definition) is 1. The second-order valence-electron chi connectivity index (χ2n) is 6.79. The molecule has 6 heteroatoms. The van der Waals surface area contributed by atoms with Crippen LogP contribution >= 0.6 is 0 Å². The molecule has 156 valence electrons. The molecule has 0 atom stereocenters. The molecular formula is C24H19F5O. The van der Waals surface area contributed by atoms with E-state index in [0.717, 1.165) is 37.0 Å². The summed E-state index contributed by atoms with van der Waals surface area (Å²) >= 11 is 0. The zero-order chi connectivity index (χ0) is 21.7. The van der Waals surface area contributed by atoms with E-state index in [2.05, 4.69) is 11.7 Å². The van der Waals surface area contributed by atoms with Gasteiger partial charge in [0, 0.05) is 5.56 Å². The Morgan fingerprint density at radius 1 is 0.800 bits per heavy atom. The molecule has 0 aliphatic carbocycles. The van der Waals surface area contributed by atoms with Gasteiger partial charge in [-0.15, -0.1) is 0 Å². The fourth-order valence-corrected chi connectivity index (χ4v) is 3.10. The molecule has 0 radical (unpaired) electrons. The molecule has 0 heterocycles. The Morgan fingerprint density at radius 3 is 1.97 bits per heavy atom. The smallest absolute Gasteiger partial charge is 0.305 e. The Balaban J connectivity index is 1.87. The Kier molecular flexibility index (Phi) is 6.87. The van der Waals surface area contributed by atoms with Crippen molar-refractivity contribution in [1.82, 2.24) is 0 Å². The normalized spacial score (nSPS) is 10.7. The number of rotatable bonds is 7. The summed E-state index contributed by atoms with van der Waals surface area (Å²) in [6, 6.07) is 13.8. The largest absolute Gasteiger partial charge is 0.453 e. The Bertz CT molecular complexity index is 1030. The first kappa shape index (κ1) is 21.6. The van der Waals surface area contributed by atoms with Gasteiger partial charge in [0.1, 0.15) is 5.82 Å². The maximum atomic E-state index is 14.7. The minimum absolute atomic E-state index is 0.0186. The van der Waals surface area contributed by atoms with E-state index in [9.17, 15) is 22.0 Å². The van der Waals surface area contributed by atoms with Gasteiger partial charge in [-0.3, -0.25) is 0 Å². The minimum Gasteiger partial charge on any atom is -0.453 e. The molecule has 0 amide bonds. The summed E-state index contributed by atoms with van der Waals surface area (Å²) in [6.45, 7) is 2.12. The van der Waals surface area contributed by atoms with Crippen molar-refractivity contribution in [2.75, 3.05) is 0 Å². The van der Waals surface area contributed by atoms with E-state index in [0.29, 0.717) is 5.56 Å². The summed E-state index contributed by atoms with van der Waals surface area (Å²) in [5, 5.41) is 0. The molecule has 3 rings (SSSR count). The quantitative estimate of drug-likeness (QED) is 0.280. The van der Waals surface area contributed by atoms with Crippen molar-refractivity contribution >= 4 is 0 Å². The second-order valence-corrected chi connectivity index (χ2v) is 6.79. The van der Waals surface area contributed by atoms with Gasteiger partial charge in [0.05, 0.1) is 0 Å². The topological polar surface area (TPSA) is 9.23 Å². The zero-order valence-electron chi connectivity index (χ0n) is 16.2. The molecule has 0 spiro atoms. The third kappa shape index (κ3) is 5.06. The molecule has 0 N–H and O–H groups in total. The van der Waals surface area contributed by atoms with Gasteiger partial charge in [-0.05, 0) is 53.3 Å². The van der Waals surface area contributed by atoms with Crippen molar-refractivity contribution < 1.29 is 26.7 Å². The van der Waals surface area contributed by atoms with Crippen molar-refractivity contribution in [2.45, 2.75) is 26.2 Å². The van der Waals surface area contributed by atoms with Crippen molar-refractivity contribution in [2.24, 2.45) is 0 Å². The predicted octanol–water partition coefficient (Wildman–Crippen LogP) is 7.90. The third-order valence-corrected chi connectivity index (χ3v) is 4.65. The predicted molar refractivity (Wildman–Crippen MR) is 107 cm³/mol. The molecule has 1 nitrogen and oxygen atoms in total. The minimum atomic E-state index is -2.24. The standard InChI is InChI=1S/C24H19F5O/c1-2-3-4-15-5-7-16(8-6-15)17-9-10-19(20(25)11-17)18-12-21(26)24(22(27)13-18)30-14-23(28)29/h5-14H,2-4H2,1H3.